The number of carbonyl (C=O) groups excluding carboxylic acids is 1. The highest BCUT2D eigenvalue weighted by Gasteiger charge is 2.02. The average Bonchev–Trinajstić information content (AvgIpc) is 2.45. The Morgan fingerprint density at radius 3 is 2.90 bits per heavy atom. The second-order valence-corrected chi connectivity index (χ2v) is 4.99. The number of nitrogens with zero attached hydrogens (tertiary/aromatic N) is 2. The molecule has 0 aliphatic rings. The summed E-state index contributed by atoms with van der Waals surface area (Å²) in [5.41, 5.74) is 2.66. The van der Waals surface area contributed by atoms with Gasteiger partial charge in [0.25, 0.3) is 11.5 Å². The second kappa shape index (κ2) is 6.94. The molecule has 0 saturated heterocycles. The van der Waals surface area contributed by atoms with E-state index in [4.69, 9.17) is 0 Å². The molecule has 21 heavy (non-hydrogen) atoms. The zero-order chi connectivity index (χ0) is 15.2. The molecule has 0 aliphatic heterocycles. The molecule has 0 fully saturated rings. The third-order valence-corrected chi connectivity index (χ3v) is 3.17. The molecule has 0 radical (unpaired) electrons. The Hall–Kier alpha value is -2.28. The number of carbonyl (C=O) groups is 1. The zero-order valence-corrected chi connectivity index (χ0v) is 12.4. The van der Waals surface area contributed by atoms with Crippen molar-refractivity contribution in [1.29, 1.82) is 0 Å². The van der Waals surface area contributed by atoms with Crippen molar-refractivity contribution < 1.29 is 9.18 Å². The number of hydrogen-bond donors (Lipinski definition) is 1. The van der Waals surface area contributed by atoms with Crippen LogP contribution >= 0.6 is 15.9 Å². The monoisotopic (exact) mass is 351 g/mol. The molecule has 1 N–H and O–H groups in total. The fourth-order valence-corrected chi connectivity index (χ4v) is 1.95. The van der Waals surface area contributed by atoms with Crippen molar-refractivity contribution in [2.24, 2.45) is 5.10 Å². The van der Waals surface area contributed by atoms with Crippen LogP contribution in [0.1, 0.15) is 5.56 Å². The van der Waals surface area contributed by atoms with E-state index in [9.17, 15) is 14.0 Å². The van der Waals surface area contributed by atoms with E-state index in [2.05, 4.69) is 26.5 Å². The fourth-order valence-electron chi connectivity index (χ4n) is 1.55. The van der Waals surface area contributed by atoms with E-state index >= 15 is 0 Å². The summed E-state index contributed by atoms with van der Waals surface area (Å²) in [6.07, 6.45) is 2.90. The number of rotatable bonds is 4. The predicted octanol–water partition coefficient (Wildman–Crippen LogP) is 1.90. The highest BCUT2D eigenvalue weighted by molar-refractivity contribution is 9.10. The smallest absolute Gasteiger partial charge is 0.260 e. The maximum absolute atomic E-state index is 13.0. The van der Waals surface area contributed by atoms with Crippen LogP contribution in [0.3, 0.4) is 0 Å². The van der Waals surface area contributed by atoms with Crippen molar-refractivity contribution >= 4 is 28.1 Å². The van der Waals surface area contributed by atoms with Gasteiger partial charge in [-0.1, -0.05) is 12.1 Å². The van der Waals surface area contributed by atoms with Crippen LogP contribution in [-0.2, 0) is 11.3 Å². The summed E-state index contributed by atoms with van der Waals surface area (Å²) >= 11 is 3.06. The van der Waals surface area contributed by atoms with Crippen LogP contribution in [-0.4, -0.2) is 16.7 Å². The molecule has 5 nitrogen and oxygen atoms in total. The predicted molar refractivity (Wildman–Crippen MR) is 80.5 cm³/mol. The SMILES string of the molecule is O=C(Cn1ccccc1=O)N/N=C\c1ccc(F)c(Br)c1. The number of hydrogen-bond acceptors (Lipinski definition) is 3. The van der Waals surface area contributed by atoms with Crippen LogP contribution in [0.25, 0.3) is 0 Å². The van der Waals surface area contributed by atoms with E-state index < -0.39 is 5.91 Å². The van der Waals surface area contributed by atoms with Gasteiger partial charge < -0.3 is 4.57 Å². The first kappa shape index (κ1) is 15.1. The molecule has 0 bridgehead atoms. The van der Waals surface area contributed by atoms with Crippen LogP contribution in [0, 0.1) is 5.82 Å². The first-order chi connectivity index (χ1) is 10.1. The Kier molecular flexibility index (Phi) is 4.99. The number of amides is 1. The van der Waals surface area contributed by atoms with Crippen molar-refractivity contribution in [2.75, 3.05) is 0 Å². The molecule has 108 valence electrons. The summed E-state index contributed by atoms with van der Waals surface area (Å²) in [5.74, 6) is -0.805. The molecule has 0 saturated carbocycles. The maximum Gasteiger partial charge on any atom is 0.260 e. The molecular weight excluding hydrogens is 341 g/mol. The lowest BCUT2D eigenvalue weighted by molar-refractivity contribution is -0.121. The number of benzene rings is 1. The lowest BCUT2D eigenvalue weighted by atomic mass is 10.2. The van der Waals surface area contributed by atoms with Gasteiger partial charge in [-0.25, -0.2) is 9.82 Å². The van der Waals surface area contributed by atoms with Crippen molar-refractivity contribution in [3.63, 3.8) is 0 Å². The molecule has 0 unspecified atom stereocenters. The lowest BCUT2D eigenvalue weighted by Crippen LogP contribution is -2.28. The fraction of sp³-hybridized carbons (Fsp3) is 0.0714. The Balaban J connectivity index is 1.95. The summed E-state index contributed by atoms with van der Waals surface area (Å²) in [5, 5.41) is 3.75. The van der Waals surface area contributed by atoms with Gasteiger partial charge in [0.2, 0.25) is 0 Å². The summed E-state index contributed by atoms with van der Waals surface area (Å²) in [7, 11) is 0. The van der Waals surface area contributed by atoms with Gasteiger partial charge in [0.15, 0.2) is 0 Å². The van der Waals surface area contributed by atoms with Gasteiger partial charge in [0.1, 0.15) is 12.4 Å². The highest BCUT2D eigenvalue weighted by Crippen LogP contribution is 2.15. The van der Waals surface area contributed by atoms with Crippen molar-refractivity contribution in [2.45, 2.75) is 6.54 Å². The molecule has 1 aromatic carbocycles. The maximum atomic E-state index is 13.0. The highest BCUT2D eigenvalue weighted by atomic mass is 79.9. The van der Waals surface area contributed by atoms with Crippen molar-refractivity contribution in [3.05, 3.63) is 68.8 Å². The number of aromatic nitrogens is 1. The first-order valence-corrected chi connectivity index (χ1v) is 6.78. The topological polar surface area (TPSA) is 63.5 Å². The van der Waals surface area contributed by atoms with E-state index in [1.807, 2.05) is 0 Å². The minimum Gasteiger partial charge on any atom is -0.306 e. The van der Waals surface area contributed by atoms with Crippen molar-refractivity contribution in [1.82, 2.24) is 9.99 Å². The van der Waals surface area contributed by atoms with Crippen LogP contribution < -0.4 is 11.0 Å². The largest absolute Gasteiger partial charge is 0.306 e. The van der Waals surface area contributed by atoms with Crippen LogP contribution in [0.15, 0.2) is 57.0 Å². The third kappa shape index (κ3) is 4.35. The Morgan fingerprint density at radius 2 is 2.19 bits per heavy atom. The molecule has 0 aliphatic carbocycles. The molecule has 7 heteroatoms. The minimum absolute atomic E-state index is 0.121. The Morgan fingerprint density at radius 1 is 1.38 bits per heavy atom. The number of pyridine rings is 1. The Labute approximate surface area is 128 Å². The molecule has 2 aromatic rings. The number of halogens is 2. The Bertz CT molecular complexity index is 743. The van der Waals surface area contributed by atoms with Crippen LogP contribution in [0.2, 0.25) is 0 Å². The number of nitrogens with one attached hydrogen (secondary N) is 1. The molecule has 1 aromatic heterocycles. The average molecular weight is 352 g/mol. The second-order valence-electron chi connectivity index (χ2n) is 4.13. The minimum atomic E-state index is -0.430. The van der Waals surface area contributed by atoms with Gasteiger partial charge in [-0.2, -0.15) is 5.10 Å². The van der Waals surface area contributed by atoms with E-state index in [0.29, 0.717) is 10.0 Å². The van der Waals surface area contributed by atoms with Gasteiger partial charge in [0, 0.05) is 12.3 Å². The molecular formula is C14H11BrFN3O2. The van der Waals surface area contributed by atoms with Crippen LogP contribution in [0.5, 0.6) is 0 Å². The van der Waals surface area contributed by atoms with E-state index in [1.54, 1.807) is 12.1 Å². The molecule has 1 heterocycles. The first-order valence-electron chi connectivity index (χ1n) is 5.98. The van der Waals surface area contributed by atoms with Crippen molar-refractivity contribution in [3.8, 4) is 0 Å². The van der Waals surface area contributed by atoms with E-state index in [0.717, 1.165) is 0 Å². The quantitative estimate of drug-likeness (QED) is 0.675. The van der Waals surface area contributed by atoms with Gasteiger partial charge in [0.05, 0.1) is 10.7 Å². The van der Waals surface area contributed by atoms with Gasteiger partial charge in [-0.15, -0.1) is 0 Å². The summed E-state index contributed by atoms with van der Waals surface area (Å²) in [6, 6.07) is 8.97. The molecule has 1 amide bonds. The van der Waals surface area contributed by atoms with Gasteiger partial charge in [-0.3, -0.25) is 9.59 Å². The molecule has 0 atom stereocenters. The summed E-state index contributed by atoms with van der Waals surface area (Å²) < 4.78 is 14.6. The normalized spacial score (nSPS) is 10.8. The zero-order valence-electron chi connectivity index (χ0n) is 10.8. The van der Waals surface area contributed by atoms with Gasteiger partial charge in [-0.05, 0) is 39.7 Å². The molecule has 0 spiro atoms. The lowest BCUT2D eigenvalue weighted by Gasteiger charge is -2.03. The number of hydrazone groups is 1. The van der Waals surface area contributed by atoms with Crippen LogP contribution in [0.4, 0.5) is 4.39 Å². The van der Waals surface area contributed by atoms with E-state index in [1.165, 1.54) is 41.2 Å². The van der Waals surface area contributed by atoms with Gasteiger partial charge >= 0.3 is 0 Å². The van der Waals surface area contributed by atoms with E-state index in [-0.39, 0.29) is 17.9 Å². The standard InChI is InChI=1S/C14H11BrFN3O2/c15-11-7-10(4-5-12(11)16)8-17-18-13(20)9-19-6-2-1-3-14(19)21/h1-8H,9H2,(H,18,20)/b17-8-. The molecule has 2 rings (SSSR count). The summed E-state index contributed by atoms with van der Waals surface area (Å²) in [6.45, 7) is -0.121. The summed E-state index contributed by atoms with van der Waals surface area (Å²) in [4.78, 5) is 23.0. The third-order valence-electron chi connectivity index (χ3n) is 2.56.